The van der Waals surface area contributed by atoms with E-state index in [0.717, 1.165) is 0 Å². The van der Waals surface area contributed by atoms with E-state index in [1.807, 2.05) is 0 Å². The Morgan fingerprint density at radius 1 is 1.57 bits per heavy atom. The van der Waals surface area contributed by atoms with E-state index in [0.29, 0.717) is 0 Å². The molecule has 0 atom stereocenters. The number of carboxylic acids is 1. The standard InChI is InChI=1S/C4H6O3/c1-3(5)2-4(6)7/h2H2,1H3,(H,6,7)/i4+1. The summed E-state index contributed by atoms with van der Waals surface area (Å²) in [5.74, 6) is -1.37. The van der Waals surface area contributed by atoms with Crippen LogP contribution in [-0.4, -0.2) is 16.9 Å². The third-order valence-corrected chi connectivity index (χ3v) is 0.400. The highest BCUT2D eigenvalue weighted by Gasteiger charge is 1.98. The molecule has 0 aliphatic carbocycles. The van der Waals surface area contributed by atoms with Crippen molar-refractivity contribution in [1.29, 1.82) is 0 Å². The van der Waals surface area contributed by atoms with Gasteiger partial charge in [0, 0.05) is 0 Å². The van der Waals surface area contributed by atoms with Gasteiger partial charge in [0.1, 0.15) is 12.2 Å². The summed E-state index contributed by atoms with van der Waals surface area (Å²) in [4.78, 5) is 19.5. The lowest BCUT2D eigenvalue weighted by Crippen LogP contribution is -2.00. The van der Waals surface area contributed by atoms with Crippen LogP contribution in [0, 0.1) is 0 Å². The molecule has 0 spiro atoms. The molecule has 3 heteroatoms. The lowest BCUT2D eigenvalue weighted by atomic mass is 10.4. The topological polar surface area (TPSA) is 54.4 Å². The molecule has 0 aromatic carbocycles. The van der Waals surface area contributed by atoms with Crippen LogP contribution in [0.1, 0.15) is 13.3 Å². The number of Topliss-reactive ketones (excluding diaryl/α,β-unsaturated/α-hetero) is 1. The van der Waals surface area contributed by atoms with Gasteiger partial charge in [-0.05, 0) is 6.92 Å². The van der Waals surface area contributed by atoms with E-state index in [4.69, 9.17) is 5.11 Å². The third-order valence-electron chi connectivity index (χ3n) is 0.400. The molecule has 0 unspecified atom stereocenters. The van der Waals surface area contributed by atoms with E-state index >= 15 is 0 Å². The fourth-order valence-electron chi connectivity index (χ4n) is 0.213. The fourth-order valence-corrected chi connectivity index (χ4v) is 0.213. The van der Waals surface area contributed by atoms with E-state index < -0.39 is 5.97 Å². The molecule has 0 bridgehead atoms. The summed E-state index contributed by atoms with van der Waals surface area (Å²) in [6, 6.07) is 0. The molecule has 40 valence electrons. The van der Waals surface area contributed by atoms with Crippen LogP contribution in [0.3, 0.4) is 0 Å². The predicted octanol–water partition coefficient (Wildman–Crippen LogP) is 0.0501. The number of ketones is 1. The van der Waals surface area contributed by atoms with Crippen molar-refractivity contribution in [3.05, 3.63) is 0 Å². The Labute approximate surface area is 41.0 Å². The molecule has 0 aromatic heterocycles. The zero-order valence-electron chi connectivity index (χ0n) is 3.97. The number of carboxylic acid groups (broad SMARTS) is 1. The Hall–Kier alpha value is -0.860. The van der Waals surface area contributed by atoms with Gasteiger partial charge in [0.15, 0.2) is 0 Å². The van der Waals surface area contributed by atoms with Crippen LogP contribution in [0.2, 0.25) is 0 Å². The molecule has 0 fully saturated rings. The Bertz CT molecular complexity index is 83.1. The zero-order chi connectivity index (χ0) is 5.86. The van der Waals surface area contributed by atoms with Gasteiger partial charge in [-0.15, -0.1) is 0 Å². The van der Waals surface area contributed by atoms with Crippen LogP contribution in [0.15, 0.2) is 0 Å². The SMILES string of the molecule is CC(=O)C[13C](=O)O. The Morgan fingerprint density at radius 2 is 2.00 bits per heavy atom. The largest absolute Gasteiger partial charge is 0.481 e. The average Bonchev–Trinajstić information content (AvgIpc) is 1.27. The second-order valence-corrected chi connectivity index (χ2v) is 1.27. The number of aliphatic carboxylic acids is 1. The molecule has 0 rings (SSSR count). The van der Waals surface area contributed by atoms with Crippen molar-refractivity contribution >= 4 is 11.8 Å². The summed E-state index contributed by atoms with van der Waals surface area (Å²) in [6.07, 6.45) is -0.361. The number of carbonyl (C=O) groups excluding carboxylic acids is 1. The molecular weight excluding hydrogens is 97.0 g/mol. The summed E-state index contributed by atoms with van der Waals surface area (Å²) in [5, 5.41) is 7.86. The summed E-state index contributed by atoms with van der Waals surface area (Å²) in [7, 11) is 0. The summed E-state index contributed by atoms with van der Waals surface area (Å²) >= 11 is 0. The maximum absolute atomic E-state index is 9.87. The number of rotatable bonds is 2. The second kappa shape index (κ2) is 2.34. The minimum Gasteiger partial charge on any atom is -0.481 e. The number of hydrogen-bond donors (Lipinski definition) is 1. The second-order valence-electron chi connectivity index (χ2n) is 1.27. The van der Waals surface area contributed by atoms with E-state index in [-0.39, 0.29) is 12.2 Å². The van der Waals surface area contributed by atoms with Crippen LogP contribution in [-0.2, 0) is 9.59 Å². The molecule has 0 aliphatic heterocycles. The minimum atomic E-state index is -1.06. The van der Waals surface area contributed by atoms with Gasteiger partial charge in [-0.3, -0.25) is 9.59 Å². The first-order chi connectivity index (χ1) is 3.13. The zero-order valence-corrected chi connectivity index (χ0v) is 3.97. The maximum atomic E-state index is 9.87. The first kappa shape index (κ1) is 6.14. The van der Waals surface area contributed by atoms with Gasteiger partial charge in [0.2, 0.25) is 0 Å². The highest BCUT2D eigenvalue weighted by molar-refractivity contribution is 5.93. The summed E-state index contributed by atoms with van der Waals surface area (Å²) in [6.45, 7) is 1.24. The number of hydrogen-bond acceptors (Lipinski definition) is 2. The predicted molar refractivity (Wildman–Crippen MR) is 22.9 cm³/mol. The van der Waals surface area contributed by atoms with Crippen molar-refractivity contribution < 1.29 is 14.7 Å². The lowest BCUT2D eigenvalue weighted by Gasteiger charge is -1.80. The first-order valence-corrected chi connectivity index (χ1v) is 1.84. The lowest BCUT2D eigenvalue weighted by molar-refractivity contribution is -0.139. The van der Waals surface area contributed by atoms with Gasteiger partial charge in [0.05, 0.1) is 0 Å². The molecule has 0 amide bonds. The number of carbonyl (C=O) groups is 2. The normalized spacial score (nSPS) is 8.14. The quantitative estimate of drug-likeness (QED) is 0.397. The summed E-state index contributed by atoms with van der Waals surface area (Å²) < 4.78 is 0. The Morgan fingerprint density at radius 3 is 2.00 bits per heavy atom. The minimum absolute atomic E-state index is 0.312. The molecule has 3 nitrogen and oxygen atoms in total. The van der Waals surface area contributed by atoms with Crippen molar-refractivity contribution in [2.75, 3.05) is 0 Å². The fraction of sp³-hybridized carbons (Fsp3) is 0.500. The van der Waals surface area contributed by atoms with Gasteiger partial charge >= 0.3 is 5.97 Å². The van der Waals surface area contributed by atoms with Gasteiger partial charge in [0.25, 0.3) is 0 Å². The summed E-state index contributed by atoms with van der Waals surface area (Å²) in [5.41, 5.74) is 0. The molecule has 0 aromatic rings. The molecule has 0 saturated heterocycles. The first-order valence-electron chi connectivity index (χ1n) is 1.84. The van der Waals surface area contributed by atoms with Crippen LogP contribution < -0.4 is 0 Å². The third kappa shape index (κ3) is 5.14. The van der Waals surface area contributed by atoms with Gasteiger partial charge in [-0.25, -0.2) is 0 Å². The van der Waals surface area contributed by atoms with Crippen LogP contribution in [0.4, 0.5) is 0 Å². The van der Waals surface area contributed by atoms with Crippen LogP contribution in [0.5, 0.6) is 0 Å². The van der Waals surface area contributed by atoms with Gasteiger partial charge in [-0.2, -0.15) is 0 Å². The van der Waals surface area contributed by atoms with Crippen molar-refractivity contribution in [2.24, 2.45) is 0 Å². The molecule has 0 saturated carbocycles. The molecular formula is C4H6O3. The van der Waals surface area contributed by atoms with Gasteiger partial charge < -0.3 is 5.11 Å². The van der Waals surface area contributed by atoms with Crippen molar-refractivity contribution in [3.8, 4) is 0 Å². The van der Waals surface area contributed by atoms with Crippen molar-refractivity contribution in [2.45, 2.75) is 13.3 Å². The van der Waals surface area contributed by atoms with Crippen LogP contribution >= 0.6 is 0 Å². The smallest absolute Gasteiger partial charge is 0.310 e. The molecule has 1 N–H and O–H groups in total. The molecule has 7 heavy (non-hydrogen) atoms. The average molecular weight is 103 g/mol. The monoisotopic (exact) mass is 103 g/mol. The highest BCUT2D eigenvalue weighted by Crippen LogP contribution is 1.77. The molecule has 0 aliphatic rings. The Kier molecular flexibility index (Phi) is 2.05. The Balaban J connectivity index is 3.32. The molecule has 0 heterocycles. The van der Waals surface area contributed by atoms with E-state index in [9.17, 15) is 9.59 Å². The molecule has 0 radical (unpaired) electrons. The van der Waals surface area contributed by atoms with Crippen LogP contribution in [0.25, 0.3) is 0 Å². The maximum Gasteiger partial charge on any atom is 0.310 e. The van der Waals surface area contributed by atoms with E-state index in [1.165, 1.54) is 6.92 Å². The highest BCUT2D eigenvalue weighted by atomic mass is 16.5. The van der Waals surface area contributed by atoms with Crippen molar-refractivity contribution in [1.82, 2.24) is 0 Å². The van der Waals surface area contributed by atoms with Gasteiger partial charge in [-0.1, -0.05) is 0 Å². The van der Waals surface area contributed by atoms with E-state index in [1.54, 1.807) is 0 Å². The van der Waals surface area contributed by atoms with E-state index in [2.05, 4.69) is 0 Å². The van der Waals surface area contributed by atoms with Crippen molar-refractivity contribution in [3.63, 3.8) is 0 Å².